The van der Waals surface area contributed by atoms with Gasteiger partial charge in [0.1, 0.15) is 0 Å². The fourth-order valence-electron chi connectivity index (χ4n) is 3.06. The molecule has 0 unspecified atom stereocenters. The van der Waals surface area contributed by atoms with Crippen LogP contribution in [0.4, 0.5) is 5.95 Å². The molecule has 1 aromatic heterocycles. The molecule has 0 N–H and O–H groups in total. The Labute approximate surface area is 153 Å². The summed E-state index contributed by atoms with van der Waals surface area (Å²) in [5.74, 6) is 2.29. The van der Waals surface area contributed by atoms with Gasteiger partial charge in [-0.1, -0.05) is 6.07 Å². The van der Waals surface area contributed by atoms with Gasteiger partial charge in [-0.3, -0.25) is 4.79 Å². The van der Waals surface area contributed by atoms with E-state index in [4.69, 9.17) is 9.47 Å². The van der Waals surface area contributed by atoms with Gasteiger partial charge in [0, 0.05) is 45.0 Å². The first-order valence-corrected chi connectivity index (χ1v) is 8.72. The number of piperazine rings is 1. The van der Waals surface area contributed by atoms with Crippen LogP contribution in [0.3, 0.4) is 0 Å². The number of aromatic nitrogens is 2. The minimum absolute atomic E-state index is 0.174. The van der Waals surface area contributed by atoms with Gasteiger partial charge >= 0.3 is 0 Å². The molecule has 1 aromatic carbocycles. The van der Waals surface area contributed by atoms with E-state index in [-0.39, 0.29) is 5.91 Å². The first-order valence-electron chi connectivity index (χ1n) is 8.72. The summed E-state index contributed by atoms with van der Waals surface area (Å²) in [5.41, 5.74) is 1.06. The molecule has 1 fully saturated rings. The molecular formula is C19H24N4O3. The molecule has 1 aliphatic heterocycles. The standard InChI is InChI=1S/C19H24N4O3/c1-25-16-6-4-15(14-17(16)26-2)5-7-18(24)22-10-12-23(13-11-22)19-20-8-3-9-21-19/h3-4,6,8-9,14H,5,7,10-13H2,1-2H3. The summed E-state index contributed by atoms with van der Waals surface area (Å²) in [4.78, 5) is 25.1. The first kappa shape index (κ1) is 18.0. The molecule has 26 heavy (non-hydrogen) atoms. The quantitative estimate of drug-likeness (QED) is 0.786. The van der Waals surface area contributed by atoms with E-state index >= 15 is 0 Å². The predicted octanol–water partition coefficient (Wildman–Crippen LogP) is 1.78. The number of ether oxygens (including phenoxy) is 2. The van der Waals surface area contributed by atoms with E-state index in [0.29, 0.717) is 37.4 Å². The zero-order valence-corrected chi connectivity index (χ0v) is 15.2. The molecule has 0 radical (unpaired) electrons. The van der Waals surface area contributed by atoms with Crippen LogP contribution in [0.15, 0.2) is 36.7 Å². The van der Waals surface area contributed by atoms with E-state index in [9.17, 15) is 4.79 Å². The molecule has 1 amide bonds. The highest BCUT2D eigenvalue weighted by molar-refractivity contribution is 5.76. The van der Waals surface area contributed by atoms with Gasteiger partial charge in [-0.15, -0.1) is 0 Å². The maximum atomic E-state index is 12.5. The van der Waals surface area contributed by atoms with Crippen molar-refractivity contribution < 1.29 is 14.3 Å². The number of amides is 1. The second-order valence-electron chi connectivity index (χ2n) is 6.11. The smallest absolute Gasteiger partial charge is 0.225 e. The van der Waals surface area contributed by atoms with E-state index in [1.165, 1.54) is 0 Å². The van der Waals surface area contributed by atoms with Crippen LogP contribution in [0.5, 0.6) is 11.5 Å². The average Bonchev–Trinajstić information content (AvgIpc) is 2.72. The van der Waals surface area contributed by atoms with Crippen molar-refractivity contribution >= 4 is 11.9 Å². The van der Waals surface area contributed by atoms with E-state index in [0.717, 1.165) is 24.6 Å². The van der Waals surface area contributed by atoms with Crippen molar-refractivity contribution in [3.05, 3.63) is 42.2 Å². The molecule has 1 saturated heterocycles. The second-order valence-corrected chi connectivity index (χ2v) is 6.11. The van der Waals surface area contributed by atoms with E-state index in [2.05, 4.69) is 14.9 Å². The van der Waals surface area contributed by atoms with E-state index in [1.54, 1.807) is 32.7 Å². The number of carbonyl (C=O) groups is 1. The van der Waals surface area contributed by atoms with Crippen molar-refractivity contribution in [2.45, 2.75) is 12.8 Å². The Kier molecular flexibility index (Phi) is 5.88. The van der Waals surface area contributed by atoms with Crippen LogP contribution in [0, 0.1) is 0 Å². The summed E-state index contributed by atoms with van der Waals surface area (Å²) < 4.78 is 10.6. The van der Waals surface area contributed by atoms with Crippen LogP contribution in [-0.4, -0.2) is 61.2 Å². The molecule has 0 atom stereocenters. The Morgan fingerprint density at radius 3 is 2.38 bits per heavy atom. The van der Waals surface area contributed by atoms with Crippen molar-refractivity contribution in [3.8, 4) is 11.5 Å². The van der Waals surface area contributed by atoms with Crippen molar-refractivity contribution in [2.75, 3.05) is 45.3 Å². The summed E-state index contributed by atoms with van der Waals surface area (Å²) in [7, 11) is 3.23. The summed E-state index contributed by atoms with van der Waals surface area (Å²) >= 11 is 0. The molecular weight excluding hydrogens is 332 g/mol. The number of nitrogens with zero attached hydrogens (tertiary/aromatic N) is 4. The first-order chi connectivity index (χ1) is 12.7. The largest absolute Gasteiger partial charge is 0.493 e. The molecule has 0 saturated carbocycles. The number of carbonyl (C=O) groups excluding carboxylic acids is 1. The van der Waals surface area contributed by atoms with Crippen molar-refractivity contribution in [2.24, 2.45) is 0 Å². The Morgan fingerprint density at radius 1 is 1.04 bits per heavy atom. The normalized spacial score (nSPS) is 14.2. The number of hydrogen-bond acceptors (Lipinski definition) is 6. The lowest BCUT2D eigenvalue weighted by molar-refractivity contribution is -0.131. The zero-order chi connectivity index (χ0) is 18.4. The molecule has 0 bridgehead atoms. The molecule has 1 aliphatic rings. The zero-order valence-electron chi connectivity index (χ0n) is 15.2. The fourth-order valence-corrected chi connectivity index (χ4v) is 3.06. The van der Waals surface area contributed by atoms with Crippen LogP contribution in [0.2, 0.25) is 0 Å². The maximum Gasteiger partial charge on any atom is 0.225 e. The van der Waals surface area contributed by atoms with Gasteiger partial charge in [-0.2, -0.15) is 0 Å². The van der Waals surface area contributed by atoms with E-state index in [1.807, 2.05) is 23.1 Å². The average molecular weight is 356 g/mol. The second kappa shape index (κ2) is 8.51. The summed E-state index contributed by atoms with van der Waals surface area (Å²) in [6.45, 7) is 2.91. The Morgan fingerprint density at radius 2 is 1.73 bits per heavy atom. The summed E-state index contributed by atoms with van der Waals surface area (Å²) in [6.07, 6.45) is 4.64. The fraction of sp³-hybridized carbons (Fsp3) is 0.421. The topological polar surface area (TPSA) is 67.8 Å². The van der Waals surface area contributed by atoms with E-state index < -0.39 is 0 Å². The predicted molar refractivity (Wildman–Crippen MR) is 98.7 cm³/mol. The minimum atomic E-state index is 0.174. The third-order valence-corrected chi connectivity index (χ3v) is 4.54. The number of methoxy groups -OCH3 is 2. The maximum absolute atomic E-state index is 12.5. The molecule has 2 aromatic rings. The van der Waals surface area contributed by atoms with Crippen LogP contribution >= 0.6 is 0 Å². The molecule has 2 heterocycles. The lowest BCUT2D eigenvalue weighted by Crippen LogP contribution is -2.49. The summed E-state index contributed by atoms with van der Waals surface area (Å²) in [6, 6.07) is 7.57. The van der Waals surface area contributed by atoms with Gasteiger partial charge < -0.3 is 19.3 Å². The van der Waals surface area contributed by atoms with Gasteiger partial charge in [0.2, 0.25) is 11.9 Å². The van der Waals surface area contributed by atoms with Gasteiger partial charge in [0.15, 0.2) is 11.5 Å². The third-order valence-electron chi connectivity index (χ3n) is 4.54. The third kappa shape index (κ3) is 4.22. The Hall–Kier alpha value is -2.83. The molecule has 138 valence electrons. The molecule has 3 rings (SSSR count). The number of benzene rings is 1. The Bertz CT molecular complexity index is 731. The number of hydrogen-bond donors (Lipinski definition) is 0. The van der Waals surface area contributed by atoms with Gasteiger partial charge in [0.05, 0.1) is 14.2 Å². The van der Waals surface area contributed by atoms with Crippen LogP contribution < -0.4 is 14.4 Å². The number of aryl methyl sites for hydroxylation is 1. The molecule has 0 aliphatic carbocycles. The lowest BCUT2D eigenvalue weighted by atomic mass is 10.1. The molecule has 7 heteroatoms. The lowest BCUT2D eigenvalue weighted by Gasteiger charge is -2.34. The van der Waals surface area contributed by atoms with Crippen LogP contribution in [0.25, 0.3) is 0 Å². The molecule has 7 nitrogen and oxygen atoms in total. The van der Waals surface area contributed by atoms with Crippen LogP contribution in [0.1, 0.15) is 12.0 Å². The molecule has 0 spiro atoms. The highest BCUT2D eigenvalue weighted by atomic mass is 16.5. The monoisotopic (exact) mass is 356 g/mol. The van der Waals surface area contributed by atoms with Gasteiger partial charge in [0.25, 0.3) is 0 Å². The summed E-state index contributed by atoms with van der Waals surface area (Å²) in [5, 5.41) is 0. The van der Waals surface area contributed by atoms with Crippen molar-refractivity contribution in [1.82, 2.24) is 14.9 Å². The van der Waals surface area contributed by atoms with Gasteiger partial charge in [-0.05, 0) is 30.2 Å². The van der Waals surface area contributed by atoms with Gasteiger partial charge in [-0.25, -0.2) is 9.97 Å². The van der Waals surface area contributed by atoms with Crippen LogP contribution in [-0.2, 0) is 11.2 Å². The number of anilines is 1. The van der Waals surface area contributed by atoms with Crippen molar-refractivity contribution in [1.29, 1.82) is 0 Å². The van der Waals surface area contributed by atoms with Crippen molar-refractivity contribution in [3.63, 3.8) is 0 Å². The minimum Gasteiger partial charge on any atom is -0.493 e. The Balaban J connectivity index is 1.50. The number of rotatable bonds is 6. The highest BCUT2D eigenvalue weighted by Gasteiger charge is 2.22. The highest BCUT2D eigenvalue weighted by Crippen LogP contribution is 2.28. The SMILES string of the molecule is COc1ccc(CCC(=O)N2CCN(c3ncccn3)CC2)cc1OC.